The summed E-state index contributed by atoms with van der Waals surface area (Å²) < 4.78 is 1.87. The molecule has 30 heavy (non-hydrogen) atoms. The zero-order valence-electron chi connectivity index (χ0n) is 16.6. The Kier molecular flexibility index (Phi) is 6.64. The third-order valence-corrected chi connectivity index (χ3v) is 5.10. The van der Waals surface area contributed by atoms with Gasteiger partial charge in [0.15, 0.2) is 0 Å². The molecule has 154 valence electrons. The zero-order valence-corrected chi connectivity index (χ0v) is 17.4. The second kappa shape index (κ2) is 9.37. The van der Waals surface area contributed by atoms with E-state index in [1.807, 2.05) is 42.8 Å². The van der Waals surface area contributed by atoms with Crippen molar-refractivity contribution in [2.45, 2.75) is 26.9 Å². The predicted molar refractivity (Wildman–Crippen MR) is 116 cm³/mol. The van der Waals surface area contributed by atoms with E-state index in [2.05, 4.69) is 10.4 Å². The molecule has 0 spiro atoms. The van der Waals surface area contributed by atoms with E-state index in [0.717, 1.165) is 28.1 Å². The first-order valence-corrected chi connectivity index (χ1v) is 9.69. The van der Waals surface area contributed by atoms with E-state index in [1.54, 1.807) is 18.2 Å². The number of nitrogens with one attached hydrogen (secondary N) is 1. The van der Waals surface area contributed by atoms with Crippen LogP contribution in [0.4, 0.5) is 5.69 Å². The molecule has 0 fully saturated rings. The van der Waals surface area contributed by atoms with Crippen molar-refractivity contribution < 1.29 is 9.72 Å². The second-order valence-corrected chi connectivity index (χ2v) is 7.22. The minimum absolute atomic E-state index is 0.0183. The fourth-order valence-corrected chi connectivity index (χ4v) is 3.23. The summed E-state index contributed by atoms with van der Waals surface area (Å²) in [4.78, 5) is 22.4. The zero-order chi connectivity index (χ0) is 21.7. The molecular formula is C22H21ClN4O3. The number of nitro benzene ring substituents is 1. The van der Waals surface area contributed by atoms with Crippen molar-refractivity contribution in [2.75, 3.05) is 0 Å². The maximum absolute atomic E-state index is 12.2. The summed E-state index contributed by atoms with van der Waals surface area (Å²) in [6, 6.07) is 13.7. The van der Waals surface area contributed by atoms with E-state index < -0.39 is 4.92 Å². The van der Waals surface area contributed by atoms with Crippen LogP contribution in [0.15, 0.2) is 54.6 Å². The van der Waals surface area contributed by atoms with Gasteiger partial charge in [0, 0.05) is 41.0 Å². The Morgan fingerprint density at radius 1 is 1.20 bits per heavy atom. The van der Waals surface area contributed by atoms with Crippen LogP contribution in [0.1, 0.15) is 28.1 Å². The first-order chi connectivity index (χ1) is 14.3. The number of aromatic nitrogens is 2. The number of carbonyl (C=O) groups excluding carboxylic acids is 1. The van der Waals surface area contributed by atoms with Crippen LogP contribution in [-0.2, 0) is 17.9 Å². The van der Waals surface area contributed by atoms with Crippen molar-refractivity contribution in [1.29, 1.82) is 0 Å². The van der Waals surface area contributed by atoms with E-state index in [4.69, 9.17) is 11.6 Å². The van der Waals surface area contributed by atoms with E-state index in [9.17, 15) is 14.9 Å². The van der Waals surface area contributed by atoms with Gasteiger partial charge in [0.2, 0.25) is 5.91 Å². The van der Waals surface area contributed by atoms with E-state index >= 15 is 0 Å². The summed E-state index contributed by atoms with van der Waals surface area (Å²) >= 11 is 6.24. The van der Waals surface area contributed by atoms with Crippen molar-refractivity contribution in [2.24, 2.45) is 0 Å². The summed E-state index contributed by atoms with van der Waals surface area (Å²) in [5.41, 5.74) is 4.41. The van der Waals surface area contributed by atoms with Gasteiger partial charge >= 0.3 is 0 Å². The average Bonchev–Trinajstić information content (AvgIpc) is 2.99. The highest BCUT2D eigenvalue weighted by molar-refractivity contribution is 6.31. The number of halogens is 1. The molecule has 2 aromatic carbocycles. The summed E-state index contributed by atoms with van der Waals surface area (Å²) in [5, 5.41) is 18.7. The second-order valence-electron chi connectivity index (χ2n) is 6.81. The number of hydrogen-bond acceptors (Lipinski definition) is 4. The summed E-state index contributed by atoms with van der Waals surface area (Å²) in [7, 11) is 0. The molecule has 0 aliphatic carbocycles. The van der Waals surface area contributed by atoms with Gasteiger partial charge in [-0.3, -0.25) is 19.6 Å². The number of hydrogen-bond donors (Lipinski definition) is 1. The van der Waals surface area contributed by atoms with Gasteiger partial charge in [0.05, 0.1) is 17.2 Å². The first kappa shape index (κ1) is 21.3. The molecule has 0 saturated heterocycles. The van der Waals surface area contributed by atoms with Crippen molar-refractivity contribution in [3.05, 3.63) is 97.8 Å². The fraction of sp³-hybridized carbons (Fsp3) is 0.182. The van der Waals surface area contributed by atoms with Gasteiger partial charge in [-0.1, -0.05) is 41.9 Å². The monoisotopic (exact) mass is 424 g/mol. The van der Waals surface area contributed by atoms with Crippen LogP contribution in [0.2, 0.25) is 5.02 Å². The topological polar surface area (TPSA) is 90.1 Å². The van der Waals surface area contributed by atoms with Gasteiger partial charge in [-0.15, -0.1) is 0 Å². The molecule has 0 radical (unpaired) electrons. The molecular weight excluding hydrogens is 404 g/mol. The van der Waals surface area contributed by atoms with E-state index in [1.165, 1.54) is 18.2 Å². The Morgan fingerprint density at radius 2 is 1.90 bits per heavy atom. The molecule has 1 aromatic heterocycles. The smallest absolute Gasteiger partial charge is 0.269 e. The van der Waals surface area contributed by atoms with Crippen molar-refractivity contribution in [1.82, 2.24) is 15.1 Å². The average molecular weight is 425 g/mol. The van der Waals surface area contributed by atoms with Gasteiger partial charge in [0.25, 0.3) is 5.69 Å². The van der Waals surface area contributed by atoms with Crippen LogP contribution in [0.3, 0.4) is 0 Å². The molecule has 0 saturated carbocycles. The quantitative estimate of drug-likeness (QED) is 0.345. The molecule has 0 aliphatic rings. The van der Waals surface area contributed by atoms with Gasteiger partial charge in [-0.05, 0) is 37.1 Å². The summed E-state index contributed by atoms with van der Waals surface area (Å²) in [6.07, 6.45) is 3.20. The minimum Gasteiger partial charge on any atom is -0.348 e. The van der Waals surface area contributed by atoms with Crippen LogP contribution in [0.25, 0.3) is 6.08 Å². The highest BCUT2D eigenvalue weighted by atomic mass is 35.5. The Morgan fingerprint density at radius 3 is 2.57 bits per heavy atom. The highest BCUT2D eigenvalue weighted by Crippen LogP contribution is 2.20. The van der Waals surface area contributed by atoms with Crippen LogP contribution >= 0.6 is 11.6 Å². The summed E-state index contributed by atoms with van der Waals surface area (Å²) in [5.74, 6) is -0.258. The molecule has 8 heteroatoms. The molecule has 0 atom stereocenters. The standard InChI is InChI=1S/C22H21ClN4O3/c1-15-20(16(2)26(25-15)14-18-5-3-4-6-21(18)23)11-12-22(28)24-13-17-7-9-19(10-8-17)27(29)30/h3-12H,13-14H2,1-2H3,(H,24,28)/b12-11+. The predicted octanol–water partition coefficient (Wildman–Crippen LogP) is 4.44. The van der Waals surface area contributed by atoms with Crippen LogP contribution < -0.4 is 5.32 Å². The fourth-order valence-electron chi connectivity index (χ4n) is 3.04. The van der Waals surface area contributed by atoms with Crippen LogP contribution in [-0.4, -0.2) is 20.6 Å². The third-order valence-electron chi connectivity index (χ3n) is 4.73. The van der Waals surface area contributed by atoms with E-state index in [0.29, 0.717) is 11.6 Å². The lowest BCUT2D eigenvalue weighted by atomic mass is 10.1. The van der Waals surface area contributed by atoms with Gasteiger partial charge < -0.3 is 5.32 Å². The van der Waals surface area contributed by atoms with Gasteiger partial charge in [-0.25, -0.2) is 0 Å². The number of nitro groups is 1. The van der Waals surface area contributed by atoms with Gasteiger partial charge in [-0.2, -0.15) is 5.10 Å². The van der Waals surface area contributed by atoms with Crippen molar-refractivity contribution >= 4 is 29.3 Å². The SMILES string of the molecule is Cc1nn(Cc2ccccc2Cl)c(C)c1/C=C/C(=O)NCc1ccc([N+](=O)[O-])cc1. The lowest BCUT2D eigenvalue weighted by Gasteiger charge is -2.06. The lowest BCUT2D eigenvalue weighted by molar-refractivity contribution is -0.384. The molecule has 0 unspecified atom stereocenters. The van der Waals surface area contributed by atoms with Gasteiger partial charge in [0.1, 0.15) is 0 Å². The number of amides is 1. The molecule has 3 rings (SSSR count). The highest BCUT2D eigenvalue weighted by Gasteiger charge is 2.11. The Labute approximate surface area is 179 Å². The Hall–Kier alpha value is -3.45. The molecule has 1 heterocycles. The first-order valence-electron chi connectivity index (χ1n) is 9.32. The molecule has 0 aliphatic heterocycles. The summed E-state index contributed by atoms with van der Waals surface area (Å²) in [6.45, 7) is 4.67. The maximum Gasteiger partial charge on any atom is 0.269 e. The number of aryl methyl sites for hydroxylation is 1. The Bertz CT molecular complexity index is 1100. The largest absolute Gasteiger partial charge is 0.348 e. The molecule has 3 aromatic rings. The maximum atomic E-state index is 12.2. The molecule has 1 N–H and O–H groups in total. The Balaban J connectivity index is 1.64. The minimum atomic E-state index is -0.457. The van der Waals surface area contributed by atoms with Crippen molar-refractivity contribution in [3.63, 3.8) is 0 Å². The number of rotatable bonds is 7. The van der Waals surface area contributed by atoms with Crippen LogP contribution in [0.5, 0.6) is 0 Å². The number of non-ortho nitro benzene ring substituents is 1. The van der Waals surface area contributed by atoms with Crippen molar-refractivity contribution in [3.8, 4) is 0 Å². The number of carbonyl (C=O) groups is 1. The lowest BCUT2D eigenvalue weighted by Crippen LogP contribution is -2.20. The molecule has 1 amide bonds. The number of benzene rings is 2. The van der Waals surface area contributed by atoms with Crippen LogP contribution in [0, 0.1) is 24.0 Å². The van der Waals surface area contributed by atoms with E-state index in [-0.39, 0.29) is 18.1 Å². The number of nitrogens with zero attached hydrogens (tertiary/aromatic N) is 3. The molecule has 7 nitrogen and oxygen atoms in total. The third kappa shape index (κ3) is 5.12. The molecule has 0 bridgehead atoms. The normalized spacial score (nSPS) is 11.0.